The zero-order chi connectivity index (χ0) is 16.7. The summed E-state index contributed by atoms with van der Waals surface area (Å²) < 4.78 is 6.07. The number of nitrogens with zero attached hydrogens (tertiary/aromatic N) is 4. The number of benzene rings is 1. The van der Waals surface area contributed by atoms with E-state index in [4.69, 9.17) is 16.0 Å². The van der Waals surface area contributed by atoms with Crippen molar-refractivity contribution in [3.63, 3.8) is 0 Å². The van der Waals surface area contributed by atoms with Crippen LogP contribution in [0.4, 0.5) is 6.01 Å². The first kappa shape index (κ1) is 15.4. The van der Waals surface area contributed by atoms with Crippen LogP contribution in [-0.2, 0) is 0 Å². The summed E-state index contributed by atoms with van der Waals surface area (Å²) >= 11 is 7.79. The minimum atomic E-state index is 0.260. The van der Waals surface area contributed by atoms with Crippen LogP contribution in [0.15, 0.2) is 22.1 Å². The minimum absolute atomic E-state index is 0.260. The van der Waals surface area contributed by atoms with E-state index in [1.165, 1.54) is 11.3 Å². The number of nitrogens with one attached hydrogen (secondary N) is 1. The van der Waals surface area contributed by atoms with Gasteiger partial charge in [-0.2, -0.15) is 10.2 Å². The smallest absolute Gasteiger partial charge is 0.298 e. The van der Waals surface area contributed by atoms with Crippen molar-refractivity contribution >= 4 is 40.1 Å². The lowest BCUT2D eigenvalue weighted by molar-refractivity contribution is 0.456. The average molecular weight is 360 g/mol. The Bertz CT molecular complexity index is 930. The molecule has 122 valence electrons. The third-order valence-corrected chi connectivity index (χ3v) is 5.23. The van der Waals surface area contributed by atoms with Gasteiger partial charge in [0.15, 0.2) is 5.58 Å². The molecule has 1 fully saturated rings. The van der Waals surface area contributed by atoms with Crippen molar-refractivity contribution in [2.24, 2.45) is 0 Å². The highest BCUT2D eigenvalue weighted by Crippen LogP contribution is 2.38. The van der Waals surface area contributed by atoms with Crippen LogP contribution in [0.5, 0.6) is 0 Å². The van der Waals surface area contributed by atoms with Gasteiger partial charge in [0.05, 0.1) is 10.6 Å². The van der Waals surface area contributed by atoms with Crippen LogP contribution < -0.4 is 10.2 Å². The molecule has 1 atom stereocenters. The number of piperazine rings is 1. The Morgan fingerprint density at radius 2 is 2.42 bits per heavy atom. The molecule has 1 saturated heterocycles. The predicted molar refractivity (Wildman–Crippen MR) is 94.5 cm³/mol. The van der Waals surface area contributed by atoms with Crippen LogP contribution >= 0.6 is 22.9 Å². The van der Waals surface area contributed by atoms with Gasteiger partial charge in [0.1, 0.15) is 22.2 Å². The summed E-state index contributed by atoms with van der Waals surface area (Å²) in [6.07, 6.45) is 1.73. The Hall–Kier alpha value is -2.14. The van der Waals surface area contributed by atoms with Crippen molar-refractivity contribution in [3.05, 3.63) is 28.2 Å². The van der Waals surface area contributed by atoms with Crippen molar-refractivity contribution in [1.29, 1.82) is 5.26 Å². The number of fused-ring (bicyclic) bond motifs is 1. The molecule has 1 unspecified atom stereocenters. The van der Waals surface area contributed by atoms with Gasteiger partial charge in [-0.15, -0.1) is 11.3 Å². The lowest BCUT2D eigenvalue weighted by atomic mass is 10.1. The first-order valence-electron chi connectivity index (χ1n) is 7.59. The molecule has 0 amide bonds. The first-order valence-corrected chi connectivity index (χ1v) is 8.85. The van der Waals surface area contributed by atoms with Crippen LogP contribution in [-0.4, -0.2) is 35.6 Å². The molecule has 4 rings (SSSR count). The predicted octanol–water partition coefficient (Wildman–Crippen LogP) is 3.27. The zero-order valence-corrected chi connectivity index (χ0v) is 14.5. The highest BCUT2D eigenvalue weighted by atomic mass is 35.5. The molecule has 0 bridgehead atoms. The summed E-state index contributed by atoms with van der Waals surface area (Å²) in [6, 6.07) is 4.65. The van der Waals surface area contributed by atoms with E-state index < -0.39 is 0 Å². The molecular weight excluding hydrogens is 346 g/mol. The maximum absolute atomic E-state index is 9.46. The number of halogens is 1. The van der Waals surface area contributed by atoms with Crippen molar-refractivity contribution in [1.82, 2.24) is 15.3 Å². The number of nitriles is 1. The molecule has 3 heterocycles. The van der Waals surface area contributed by atoms with Crippen molar-refractivity contribution < 1.29 is 4.42 Å². The first-order chi connectivity index (χ1) is 11.7. The number of hydrogen-bond donors (Lipinski definition) is 1. The van der Waals surface area contributed by atoms with Crippen LogP contribution in [0.1, 0.15) is 12.5 Å². The summed E-state index contributed by atoms with van der Waals surface area (Å²) in [5.74, 6) is 0. The van der Waals surface area contributed by atoms with E-state index in [1.807, 2.05) is 5.38 Å². The molecule has 1 aromatic carbocycles. The van der Waals surface area contributed by atoms with Crippen LogP contribution in [0.25, 0.3) is 21.7 Å². The normalized spacial score (nSPS) is 18.0. The summed E-state index contributed by atoms with van der Waals surface area (Å²) in [4.78, 5) is 11.0. The van der Waals surface area contributed by atoms with Gasteiger partial charge in [0, 0.05) is 37.3 Å². The molecule has 0 aliphatic carbocycles. The maximum atomic E-state index is 9.46. The second-order valence-corrected chi connectivity index (χ2v) is 6.95. The third kappa shape index (κ3) is 2.44. The molecule has 0 saturated carbocycles. The lowest BCUT2D eigenvalue weighted by Crippen LogP contribution is -2.50. The Kier molecular flexibility index (Phi) is 3.88. The maximum Gasteiger partial charge on any atom is 0.298 e. The molecule has 3 aromatic rings. The summed E-state index contributed by atoms with van der Waals surface area (Å²) in [5, 5.41) is 15.8. The van der Waals surface area contributed by atoms with Crippen molar-refractivity contribution in [2.45, 2.75) is 13.0 Å². The molecule has 2 aromatic heterocycles. The van der Waals surface area contributed by atoms with Gasteiger partial charge >= 0.3 is 0 Å². The van der Waals surface area contributed by atoms with Crippen molar-refractivity contribution in [2.75, 3.05) is 24.5 Å². The Balaban J connectivity index is 1.94. The van der Waals surface area contributed by atoms with E-state index >= 15 is 0 Å². The van der Waals surface area contributed by atoms with E-state index in [-0.39, 0.29) is 6.04 Å². The number of oxazole rings is 1. The Morgan fingerprint density at radius 3 is 3.12 bits per heavy atom. The number of aromatic nitrogens is 2. The molecular formula is C16H14ClN5OS. The Morgan fingerprint density at radius 1 is 1.54 bits per heavy atom. The highest BCUT2D eigenvalue weighted by molar-refractivity contribution is 7.13. The van der Waals surface area contributed by atoms with Gasteiger partial charge in [0.25, 0.3) is 6.01 Å². The SMILES string of the molecule is CC1CNCCN1c1nc2c(C#N)c(Cl)cc(-c3nccs3)c2o1. The molecule has 24 heavy (non-hydrogen) atoms. The largest absolute Gasteiger partial charge is 0.423 e. The minimum Gasteiger partial charge on any atom is -0.423 e. The molecule has 8 heteroatoms. The number of anilines is 1. The van der Waals surface area contributed by atoms with Crippen LogP contribution in [0.3, 0.4) is 0 Å². The molecule has 1 aliphatic rings. The monoisotopic (exact) mass is 359 g/mol. The van der Waals surface area contributed by atoms with Crippen LogP contribution in [0, 0.1) is 11.3 Å². The highest BCUT2D eigenvalue weighted by Gasteiger charge is 2.26. The van der Waals surface area contributed by atoms with Gasteiger partial charge < -0.3 is 14.6 Å². The Labute approximate surface area is 147 Å². The molecule has 1 aliphatic heterocycles. The number of rotatable bonds is 2. The fourth-order valence-electron chi connectivity index (χ4n) is 2.91. The van der Waals surface area contributed by atoms with E-state index in [2.05, 4.69) is 33.2 Å². The molecule has 0 radical (unpaired) electrons. The summed E-state index contributed by atoms with van der Waals surface area (Å²) in [5.41, 5.74) is 2.16. The average Bonchev–Trinajstić information content (AvgIpc) is 3.24. The number of hydrogen-bond acceptors (Lipinski definition) is 7. The topological polar surface area (TPSA) is 78.0 Å². The van der Waals surface area contributed by atoms with Gasteiger partial charge in [-0.3, -0.25) is 0 Å². The van der Waals surface area contributed by atoms with Crippen LogP contribution in [0.2, 0.25) is 5.02 Å². The molecule has 0 spiro atoms. The summed E-state index contributed by atoms with van der Waals surface area (Å²) in [6.45, 7) is 4.65. The van der Waals surface area contributed by atoms with Gasteiger partial charge in [-0.25, -0.2) is 4.98 Å². The standard InChI is InChI=1S/C16H14ClN5OS/c1-9-8-19-2-4-22(9)16-21-13-11(7-18)12(17)6-10(14(13)23-16)15-20-3-5-24-15/h3,5-6,9,19H,2,4,8H2,1H3. The van der Waals surface area contributed by atoms with Crippen molar-refractivity contribution in [3.8, 4) is 16.6 Å². The second kappa shape index (κ2) is 6.06. The fourth-order valence-corrected chi connectivity index (χ4v) is 3.80. The second-order valence-electron chi connectivity index (χ2n) is 5.65. The quantitative estimate of drug-likeness (QED) is 0.756. The number of thiazole rings is 1. The van der Waals surface area contributed by atoms with E-state index in [1.54, 1.807) is 12.3 Å². The lowest BCUT2D eigenvalue weighted by Gasteiger charge is -2.32. The van der Waals surface area contributed by atoms with E-state index in [9.17, 15) is 5.26 Å². The van der Waals surface area contributed by atoms with Gasteiger partial charge in [-0.1, -0.05) is 11.6 Å². The van der Waals surface area contributed by atoms with E-state index in [0.29, 0.717) is 27.7 Å². The van der Waals surface area contributed by atoms with Gasteiger partial charge in [0.2, 0.25) is 0 Å². The molecule has 1 N–H and O–H groups in total. The van der Waals surface area contributed by atoms with E-state index in [0.717, 1.165) is 30.2 Å². The van der Waals surface area contributed by atoms with Gasteiger partial charge in [-0.05, 0) is 13.0 Å². The summed E-state index contributed by atoms with van der Waals surface area (Å²) in [7, 11) is 0. The molecule has 6 nitrogen and oxygen atoms in total. The zero-order valence-electron chi connectivity index (χ0n) is 12.9. The fraction of sp³-hybridized carbons (Fsp3) is 0.312. The third-order valence-electron chi connectivity index (χ3n) is 4.13.